The molecule has 0 fully saturated rings. The van der Waals surface area contributed by atoms with Crippen molar-refractivity contribution in [3.05, 3.63) is 53.1 Å². The van der Waals surface area contributed by atoms with Crippen LogP contribution in [0.2, 0.25) is 0 Å². The van der Waals surface area contributed by atoms with Crippen LogP contribution in [0.4, 0.5) is 8.78 Å². The lowest BCUT2D eigenvalue weighted by atomic mass is 10.2. The number of carboxylic acid groups (broad SMARTS) is 1. The molecule has 0 amide bonds. The summed E-state index contributed by atoms with van der Waals surface area (Å²) in [6, 6.07) is 3.06. The zero-order chi connectivity index (χ0) is 13.3. The first-order chi connectivity index (χ1) is 8.49. The Morgan fingerprint density at radius 1 is 1.44 bits per heavy atom. The van der Waals surface area contributed by atoms with Crippen molar-refractivity contribution in [3.63, 3.8) is 0 Å². The minimum absolute atomic E-state index is 0.0591. The Morgan fingerprint density at radius 2 is 2.17 bits per heavy atom. The number of benzene rings is 1. The molecule has 6 heteroatoms. The van der Waals surface area contributed by atoms with Gasteiger partial charge in [-0.1, -0.05) is 0 Å². The Kier molecular flexibility index (Phi) is 3.10. The smallest absolute Gasteiger partial charge is 0.354 e. The van der Waals surface area contributed by atoms with Crippen molar-refractivity contribution in [1.29, 1.82) is 0 Å². The van der Waals surface area contributed by atoms with Crippen LogP contribution in [0.3, 0.4) is 0 Å². The molecule has 0 unspecified atom stereocenters. The molecule has 1 heterocycles. The van der Waals surface area contributed by atoms with Gasteiger partial charge in [-0.05, 0) is 25.1 Å². The molecule has 1 aromatic heterocycles. The topological polar surface area (TPSA) is 55.1 Å². The summed E-state index contributed by atoms with van der Waals surface area (Å²) in [4.78, 5) is 14.8. The molecule has 1 aromatic carbocycles. The monoisotopic (exact) mass is 252 g/mol. The Hall–Kier alpha value is -2.24. The fourth-order valence-corrected chi connectivity index (χ4v) is 1.67. The molecule has 1 N–H and O–H groups in total. The van der Waals surface area contributed by atoms with E-state index in [9.17, 15) is 13.6 Å². The summed E-state index contributed by atoms with van der Waals surface area (Å²) in [6.45, 7) is 1.53. The van der Waals surface area contributed by atoms with Gasteiger partial charge in [0, 0.05) is 5.56 Å². The van der Waals surface area contributed by atoms with Crippen LogP contribution in [0.25, 0.3) is 0 Å². The highest BCUT2D eigenvalue weighted by molar-refractivity contribution is 5.85. The van der Waals surface area contributed by atoms with Crippen LogP contribution in [0.15, 0.2) is 24.4 Å². The Bertz CT molecular complexity index is 608. The van der Waals surface area contributed by atoms with Crippen LogP contribution in [0, 0.1) is 18.6 Å². The number of imidazole rings is 1. The Balaban J connectivity index is 2.42. The van der Waals surface area contributed by atoms with Crippen LogP contribution in [-0.2, 0) is 6.54 Å². The lowest BCUT2D eigenvalue weighted by molar-refractivity contribution is 0.0685. The summed E-state index contributed by atoms with van der Waals surface area (Å²) in [5.41, 5.74) is 0.0229. The van der Waals surface area contributed by atoms with Gasteiger partial charge in [-0.3, -0.25) is 0 Å². The largest absolute Gasteiger partial charge is 0.477 e. The first-order valence-corrected chi connectivity index (χ1v) is 5.18. The van der Waals surface area contributed by atoms with E-state index in [0.29, 0.717) is 5.82 Å². The highest BCUT2D eigenvalue weighted by atomic mass is 19.1. The van der Waals surface area contributed by atoms with Crippen molar-refractivity contribution in [2.75, 3.05) is 0 Å². The molecule has 94 valence electrons. The third-order valence-electron chi connectivity index (χ3n) is 2.61. The van der Waals surface area contributed by atoms with E-state index in [-0.39, 0.29) is 17.8 Å². The van der Waals surface area contributed by atoms with Crippen molar-refractivity contribution in [2.45, 2.75) is 13.5 Å². The molecular formula is C12H10F2N2O2. The van der Waals surface area contributed by atoms with E-state index in [1.165, 1.54) is 10.8 Å². The number of hydrogen-bond donors (Lipinski definition) is 1. The van der Waals surface area contributed by atoms with E-state index in [1.54, 1.807) is 6.92 Å². The molecule has 2 rings (SSSR count). The first kappa shape index (κ1) is 12.2. The molecule has 4 nitrogen and oxygen atoms in total. The molecule has 2 aromatic rings. The van der Waals surface area contributed by atoms with Crippen molar-refractivity contribution in [3.8, 4) is 0 Å². The molecule has 0 aliphatic heterocycles. The second kappa shape index (κ2) is 4.56. The normalized spacial score (nSPS) is 10.6. The zero-order valence-corrected chi connectivity index (χ0v) is 9.52. The number of hydrogen-bond acceptors (Lipinski definition) is 2. The summed E-state index contributed by atoms with van der Waals surface area (Å²) < 4.78 is 27.8. The van der Waals surface area contributed by atoms with Gasteiger partial charge in [0.2, 0.25) is 0 Å². The lowest BCUT2D eigenvalue weighted by Gasteiger charge is -2.09. The molecule has 0 aliphatic carbocycles. The predicted octanol–water partition coefficient (Wildman–Crippen LogP) is 2.22. The quantitative estimate of drug-likeness (QED) is 0.911. The van der Waals surface area contributed by atoms with E-state index >= 15 is 0 Å². The molecule has 0 aliphatic rings. The second-order valence-corrected chi connectivity index (χ2v) is 3.82. The molecule has 0 bridgehead atoms. The maximum atomic E-state index is 13.5. The van der Waals surface area contributed by atoms with Crippen molar-refractivity contribution in [2.24, 2.45) is 0 Å². The average Bonchev–Trinajstić information content (AvgIpc) is 2.66. The number of aromatic carboxylic acids is 1. The summed E-state index contributed by atoms with van der Waals surface area (Å²) in [5.74, 6) is -1.88. The van der Waals surface area contributed by atoms with Crippen molar-refractivity contribution < 1.29 is 18.7 Å². The maximum Gasteiger partial charge on any atom is 0.354 e. The van der Waals surface area contributed by atoms with Crippen molar-refractivity contribution in [1.82, 2.24) is 9.55 Å². The lowest BCUT2D eigenvalue weighted by Crippen LogP contribution is -2.12. The second-order valence-electron chi connectivity index (χ2n) is 3.82. The molecule has 0 spiro atoms. The van der Waals surface area contributed by atoms with Crippen LogP contribution in [0.1, 0.15) is 21.9 Å². The van der Waals surface area contributed by atoms with Gasteiger partial charge in [-0.15, -0.1) is 0 Å². The third kappa shape index (κ3) is 2.22. The van der Waals surface area contributed by atoms with E-state index in [0.717, 1.165) is 18.2 Å². The van der Waals surface area contributed by atoms with Gasteiger partial charge in [0.15, 0.2) is 0 Å². The predicted molar refractivity (Wildman–Crippen MR) is 59.4 cm³/mol. The minimum Gasteiger partial charge on any atom is -0.477 e. The fraction of sp³-hybridized carbons (Fsp3) is 0.167. The van der Waals surface area contributed by atoms with Crippen LogP contribution < -0.4 is 0 Å². The number of halogens is 2. The molecule has 0 saturated heterocycles. The van der Waals surface area contributed by atoms with Gasteiger partial charge in [-0.2, -0.15) is 0 Å². The van der Waals surface area contributed by atoms with Gasteiger partial charge in [0.25, 0.3) is 0 Å². The van der Waals surface area contributed by atoms with Crippen LogP contribution in [-0.4, -0.2) is 20.6 Å². The Morgan fingerprint density at radius 3 is 2.83 bits per heavy atom. The highest BCUT2D eigenvalue weighted by Gasteiger charge is 2.15. The molecule has 0 atom stereocenters. The van der Waals surface area contributed by atoms with E-state index in [1.807, 2.05) is 0 Å². The van der Waals surface area contributed by atoms with Gasteiger partial charge in [0.05, 0.1) is 12.7 Å². The summed E-state index contributed by atoms with van der Waals surface area (Å²) in [6.07, 6.45) is 1.19. The molecular weight excluding hydrogens is 242 g/mol. The van der Waals surface area contributed by atoms with Gasteiger partial charge in [0.1, 0.15) is 23.2 Å². The van der Waals surface area contributed by atoms with Gasteiger partial charge >= 0.3 is 5.97 Å². The summed E-state index contributed by atoms with van der Waals surface area (Å²) >= 11 is 0. The number of carboxylic acids is 1. The molecule has 18 heavy (non-hydrogen) atoms. The van der Waals surface area contributed by atoms with Crippen LogP contribution in [0.5, 0.6) is 0 Å². The highest BCUT2D eigenvalue weighted by Crippen LogP contribution is 2.14. The van der Waals surface area contributed by atoms with Crippen molar-refractivity contribution >= 4 is 5.97 Å². The van der Waals surface area contributed by atoms with E-state index in [4.69, 9.17) is 5.11 Å². The van der Waals surface area contributed by atoms with E-state index < -0.39 is 17.6 Å². The average molecular weight is 252 g/mol. The number of aromatic nitrogens is 2. The zero-order valence-electron chi connectivity index (χ0n) is 9.52. The minimum atomic E-state index is -1.16. The number of nitrogens with zero attached hydrogens (tertiary/aromatic N) is 2. The fourth-order valence-electron chi connectivity index (χ4n) is 1.67. The summed E-state index contributed by atoms with van der Waals surface area (Å²) in [7, 11) is 0. The number of carbonyl (C=O) groups is 1. The maximum absolute atomic E-state index is 13.5. The van der Waals surface area contributed by atoms with Gasteiger partial charge < -0.3 is 9.67 Å². The molecule has 0 saturated carbocycles. The van der Waals surface area contributed by atoms with Gasteiger partial charge in [-0.25, -0.2) is 18.6 Å². The van der Waals surface area contributed by atoms with E-state index in [2.05, 4.69) is 4.98 Å². The first-order valence-electron chi connectivity index (χ1n) is 5.18. The SMILES string of the molecule is Cc1ncc(C(=O)O)n1Cc1cc(F)ccc1F. The number of rotatable bonds is 3. The van der Waals surface area contributed by atoms with Crippen LogP contribution >= 0.6 is 0 Å². The summed E-state index contributed by atoms with van der Waals surface area (Å²) in [5, 5.41) is 8.95. The Labute approximate surface area is 102 Å². The molecule has 0 radical (unpaired) electrons. The third-order valence-corrected chi connectivity index (χ3v) is 2.61. The standard InChI is InChI=1S/C12H10F2N2O2/c1-7-15-5-11(12(17)18)16(7)6-8-4-9(13)2-3-10(8)14/h2-5H,6H2,1H3,(H,17,18). The number of aryl methyl sites for hydroxylation is 1.